The van der Waals surface area contributed by atoms with Crippen LogP contribution in [-0.2, 0) is 19.6 Å². The third-order valence-corrected chi connectivity index (χ3v) is 7.39. The van der Waals surface area contributed by atoms with E-state index < -0.39 is 17.5 Å². The van der Waals surface area contributed by atoms with Crippen molar-refractivity contribution in [3.63, 3.8) is 0 Å². The summed E-state index contributed by atoms with van der Waals surface area (Å²) in [6.45, 7) is 8.46. The largest absolute Gasteiger partial charge is 0.331 e. The number of halogens is 2. The molecule has 39 heavy (non-hydrogen) atoms. The molecular formula is C32H36F2N4O. The maximum absolute atomic E-state index is 14.6. The Bertz CT molecular complexity index is 1440. The quantitative estimate of drug-likeness (QED) is 0.243. The molecule has 5 nitrogen and oxygen atoms in total. The number of carbonyl (C=O) groups is 1. The van der Waals surface area contributed by atoms with Gasteiger partial charge in [-0.15, -0.1) is 0 Å². The van der Waals surface area contributed by atoms with Gasteiger partial charge in [-0.25, -0.2) is 13.8 Å². The molecule has 4 aromatic rings. The van der Waals surface area contributed by atoms with Crippen LogP contribution >= 0.6 is 0 Å². The highest BCUT2D eigenvalue weighted by molar-refractivity contribution is 5.94. The van der Waals surface area contributed by atoms with Crippen LogP contribution in [0.2, 0.25) is 0 Å². The highest BCUT2D eigenvalue weighted by Crippen LogP contribution is 2.24. The number of benzene rings is 3. The second-order valence-electron chi connectivity index (χ2n) is 10.9. The number of imidazole rings is 1. The molecule has 1 aliphatic heterocycles. The first-order chi connectivity index (χ1) is 18.9. The number of hydrogen-bond donors (Lipinski definition) is 0. The van der Waals surface area contributed by atoms with Crippen LogP contribution in [0, 0.1) is 17.6 Å². The number of amides is 1. The van der Waals surface area contributed by atoms with E-state index in [1.165, 1.54) is 36.5 Å². The maximum atomic E-state index is 14.6. The average Bonchev–Trinajstić information content (AvgIpc) is 3.26. The third-order valence-electron chi connectivity index (χ3n) is 7.39. The summed E-state index contributed by atoms with van der Waals surface area (Å²) in [6, 6.07) is 19.6. The number of aromatic nitrogens is 2. The van der Waals surface area contributed by atoms with Crippen molar-refractivity contribution in [3.05, 3.63) is 101 Å². The minimum absolute atomic E-state index is 0.133. The topological polar surface area (TPSA) is 41.4 Å². The van der Waals surface area contributed by atoms with Gasteiger partial charge in [0.2, 0.25) is 0 Å². The van der Waals surface area contributed by atoms with Crippen LogP contribution in [0.15, 0.2) is 66.7 Å². The van der Waals surface area contributed by atoms with E-state index in [9.17, 15) is 13.6 Å². The first-order valence-corrected chi connectivity index (χ1v) is 13.9. The van der Waals surface area contributed by atoms with Gasteiger partial charge in [0.05, 0.1) is 23.1 Å². The fourth-order valence-electron chi connectivity index (χ4n) is 5.48. The molecule has 1 saturated heterocycles. The molecule has 1 amide bonds. The lowest BCUT2D eigenvalue weighted by atomic mass is 10.0. The van der Waals surface area contributed by atoms with Crippen molar-refractivity contribution in [3.8, 4) is 0 Å². The van der Waals surface area contributed by atoms with Crippen LogP contribution in [-0.4, -0.2) is 44.9 Å². The molecule has 0 radical (unpaired) electrons. The van der Waals surface area contributed by atoms with Gasteiger partial charge in [0, 0.05) is 25.7 Å². The highest BCUT2D eigenvalue weighted by atomic mass is 19.1. The zero-order valence-corrected chi connectivity index (χ0v) is 22.7. The van der Waals surface area contributed by atoms with Gasteiger partial charge in [-0.3, -0.25) is 9.69 Å². The van der Waals surface area contributed by atoms with Gasteiger partial charge in [-0.1, -0.05) is 56.7 Å². The van der Waals surface area contributed by atoms with Crippen LogP contribution in [0.1, 0.15) is 60.4 Å². The van der Waals surface area contributed by atoms with Crippen molar-refractivity contribution in [1.29, 1.82) is 0 Å². The standard InChI is InChI=1S/C32H36F2N4O/c1-23(2)19-37(32(39)27-15-14-26(33)18-28(27)34)22-31-35-29-12-6-7-13-30(29)38(31)21-25-11-5-4-10-24(25)20-36-16-8-3-9-17-36/h4-7,10-15,18,23H,3,8-9,16-17,19-22H2,1-2H3. The van der Waals surface area contributed by atoms with Crippen molar-refractivity contribution in [1.82, 2.24) is 19.4 Å². The Hall–Kier alpha value is -3.58. The molecule has 204 valence electrons. The summed E-state index contributed by atoms with van der Waals surface area (Å²) in [6.07, 6.45) is 3.79. The lowest BCUT2D eigenvalue weighted by Crippen LogP contribution is -2.35. The summed E-state index contributed by atoms with van der Waals surface area (Å²) in [4.78, 5) is 22.6. The van der Waals surface area contributed by atoms with Gasteiger partial charge in [0.1, 0.15) is 17.5 Å². The molecule has 0 spiro atoms. The van der Waals surface area contributed by atoms with Crippen LogP contribution in [0.3, 0.4) is 0 Å². The molecule has 1 aliphatic rings. The molecule has 0 bridgehead atoms. The number of piperidine rings is 1. The van der Waals surface area contributed by atoms with Crippen molar-refractivity contribution in [2.45, 2.75) is 52.7 Å². The molecule has 0 aliphatic carbocycles. The number of likely N-dealkylation sites (tertiary alicyclic amines) is 1. The first-order valence-electron chi connectivity index (χ1n) is 13.9. The van der Waals surface area contributed by atoms with Crippen molar-refractivity contribution >= 4 is 16.9 Å². The summed E-state index contributed by atoms with van der Waals surface area (Å²) >= 11 is 0. The summed E-state index contributed by atoms with van der Waals surface area (Å²) in [5, 5.41) is 0. The Morgan fingerprint density at radius 3 is 2.33 bits per heavy atom. The normalized spacial score (nSPS) is 14.3. The smallest absolute Gasteiger partial charge is 0.257 e. The minimum Gasteiger partial charge on any atom is -0.331 e. The lowest BCUT2D eigenvalue weighted by molar-refractivity contribution is 0.0711. The van der Waals surface area contributed by atoms with Gasteiger partial charge in [0.25, 0.3) is 5.91 Å². The molecule has 3 aromatic carbocycles. The van der Waals surface area contributed by atoms with Gasteiger partial charge in [0.15, 0.2) is 0 Å². The SMILES string of the molecule is CC(C)CN(Cc1nc2ccccc2n1Cc1ccccc1CN1CCCCC1)C(=O)c1ccc(F)cc1F. The molecule has 5 rings (SSSR count). The minimum atomic E-state index is -0.853. The zero-order valence-electron chi connectivity index (χ0n) is 22.7. The number of nitrogens with zero attached hydrogens (tertiary/aromatic N) is 4. The highest BCUT2D eigenvalue weighted by Gasteiger charge is 2.24. The summed E-state index contributed by atoms with van der Waals surface area (Å²) in [5.74, 6) is -1.13. The predicted octanol–water partition coefficient (Wildman–Crippen LogP) is 6.65. The van der Waals surface area contributed by atoms with Crippen LogP contribution in [0.4, 0.5) is 8.78 Å². The fourth-order valence-corrected chi connectivity index (χ4v) is 5.48. The molecule has 1 fully saturated rings. The maximum Gasteiger partial charge on any atom is 0.257 e. The summed E-state index contributed by atoms with van der Waals surface area (Å²) in [5.41, 5.74) is 4.23. The van der Waals surface area contributed by atoms with Gasteiger partial charge in [-0.05, 0) is 67.2 Å². The van der Waals surface area contributed by atoms with Crippen molar-refractivity contribution < 1.29 is 13.6 Å². The molecular weight excluding hydrogens is 494 g/mol. The summed E-state index contributed by atoms with van der Waals surface area (Å²) in [7, 11) is 0. The molecule has 1 aromatic heterocycles. The van der Waals surface area contributed by atoms with E-state index in [1.54, 1.807) is 4.90 Å². The first kappa shape index (κ1) is 27.0. The predicted molar refractivity (Wildman–Crippen MR) is 150 cm³/mol. The Morgan fingerprint density at radius 1 is 0.923 bits per heavy atom. The number of para-hydroxylation sites is 2. The molecule has 7 heteroatoms. The fraction of sp³-hybridized carbons (Fsp3) is 0.375. The van der Waals surface area contributed by atoms with Crippen molar-refractivity contribution in [2.24, 2.45) is 5.92 Å². The molecule has 2 heterocycles. The van der Waals surface area contributed by atoms with E-state index in [4.69, 9.17) is 4.98 Å². The van der Waals surface area contributed by atoms with E-state index in [1.807, 2.05) is 38.1 Å². The number of rotatable bonds is 9. The van der Waals surface area contributed by atoms with E-state index in [2.05, 4.69) is 33.7 Å². The number of hydrogen-bond acceptors (Lipinski definition) is 3. The van der Waals surface area contributed by atoms with Crippen LogP contribution in [0.5, 0.6) is 0 Å². The van der Waals surface area contributed by atoms with Crippen LogP contribution in [0.25, 0.3) is 11.0 Å². The Labute approximate surface area is 229 Å². The zero-order chi connectivity index (χ0) is 27.4. The number of fused-ring (bicyclic) bond motifs is 1. The van der Waals surface area contributed by atoms with E-state index in [0.717, 1.165) is 48.6 Å². The van der Waals surface area contributed by atoms with Crippen molar-refractivity contribution in [2.75, 3.05) is 19.6 Å². The van der Waals surface area contributed by atoms with E-state index >= 15 is 0 Å². The van der Waals surface area contributed by atoms with Gasteiger partial charge >= 0.3 is 0 Å². The van der Waals surface area contributed by atoms with Gasteiger partial charge < -0.3 is 9.47 Å². The second kappa shape index (κ2) is 12.1. The molecule has 0 unspecified atom stereocenters. The Balaban J connectivity index is 1.49. The van der Waals surface area contributed by atoms with E-state index in [0.29, 0.717) is 13.1 Å². The molecule has 0 N–H and O–H groups in total. The molecule has 0 saturated carbocycles. The summed E-state index contributed by atoms with van der Waals surface area (Å²) < 4.78 is 30.3. The van der Waals surface area contributed by atoms with Crippen LogP contribution < -0.4 is 0 Å². The number of carbonyl (C=O) groups excluding carboxylic acids is 1. The Kier molecular flexibility index (Phi) is 8.36. The average molecular weight is 531 g/mol. The lowest BCUT2D eigenvalue weighted by Gasteiger charge is -2.28. The van der Waals surface area contributed by atoms with Gasteiger partial charge in [-0.2, -0.15) is 0 Å². The van der Waals surface area contributed by atoms with E-state index in [-0.39, 0.29) is 18.0 Å². The monoisotopic (exact) mass is 530 g/mol. The second-order valence-corrected chi connectivity index (χ2v) is 10.9. The molecule has 0 atom stereocenters. The third kappa shape index (κ3) is 6.36. The Morgan fingerprint density at radius 2 is 1.62 bits per heavy atom.